The van der Waals surface area contributed by atoms with Crippen molar-refractivity contribution < 1.29 is 9.13 Å². The molecule has 2 rings (SSSR count). The SMILES string of the molecule is CNc1nc(C(C)C)nc(-c2ccc(OC)cc2F)c1C. The maximum absolute atomic E-state index is 14.3. The molecule has 1 N–H and O–H groups in total. The topological polar surface area (TPSA) is 47.0 Å². The van der Waals surface area contributed by atoms with Crippen LogP contribution in [0.15, 0.2) is 18.2 Å². The molecule has 0 aliphatic rings. The Balaban J connectivity index is 2.64. The molecule has 5 heteroatoms. The van der Waals surface area contributed by atoms with E-state index in [1.54, 1.807) is 19.2 Å². The van der Waals surface area contributed by atoms with Gasteiger partial charge in [-0.1, -0.05) is 13.8 Å². The van der Waals surface area contributed by atoms with Crippen LogP contribution in [0, 0.1) is 12.7 Å². The summed E-state index contributed by atoms with van der Waals surface area (Å²) < 4.78 is 19.3. The molecular weight excluding hydrogens is 269 g/mol. The second-order valence-corrected chi connectivity index (χ2v) is 5.15. The fraction of sp³-hybridized carbons (Fsp3) is 0.375. The van der Waals surface area contributed by atoms with E-state index in [0.717, 1.165) is 11.4 Å². The van der Waals surface area contributed by atoms with Gasteiger partial charge in [-0.05, 0) is 19.1 Å². The molecule has 1 aromatic heterocycles. The molecular formula is C16H20FN3O. The Labute approximate surface area is 124 Å². The maximum atomic E-state index is 14.3. The Hall–Kier alpha value is -2.17. The molecule has 0 amide bonds. The summed E-state index contributed by atoms with van der Waals surface area (Å²) in [5.41, 5.74) is 1.89. The van der Waals surface area contributed by atoms with E-state index >= 15 is 0 Å². The van der Waals surface area contributed by atoms with E-state index in [9.17, 15) is 4.39 Å². The van der Waals surface area contributed by atoms with E-state index in [0.29, 0.717) is 22.8 Å². The third-order valence-electron chi connectivity index (χ3n) is 3.35. The minimum Gasteiger partial charge on any atom is -0.497 e. The molecule has 21 heavy (non-hydrogen) atoms. The molecule has 0 aliphatic heterocycles. The highest BCUT2D eigenvalue weighted by Gasteiger charge is 2.16. The molecule has 0 unspecified atom stereocenters. The van der Waals surface area contributed by atoms with Crippen LogP contribution in [0.4, 0.5) is 10.2 Å². The first-order valence-electron chi connectivity index (χ1n) is 6.88. The number of ether oxygens (including phenoxy) is 1. The number of halogens is 1. The zero-order valence-corrected chi connectivity index (χ0v) is 13.0. The zero-order chi connectivity index (χ0) is 15.6. The van der Waals surface area contributed by atoms with Crippen molar-refractivity contribution >= 4 is 5.82 Å². The molecule has 0 spiro atoms. The third-order valence-corrected chi connectivity index (χ3v) is 3.35. The van der Waals surface area contributed by atoms with E-state index in [-0.39, 0.29) is 11.7 Å². The molecule has 112 valence electrons. The summed E-state index contributed by atoms with van der Waals surface area (Å²) in [5, 5.41) is 3.04. The summed E-state index contributed by atoms with van der Waals surface area (Å²) in [6.45, 7) is 5.91. The maximum Gasteiger partial charge on any atom is 0.136 e. The van der Waals surface area contributed by atoms with E-state index in [2.05, 4.69) is 15.3 Å². The average molecular weight is 289 g/mol. The molecule has 0 radical (unpaired) electrons. The van der Waals surface area contributed by atoms with Crippen LogP contribution in [-0.2, 0) is 0 Å². The molecule has 0 bridgehead atoms. The second-order valence-electron chi connectivity index (χ2n) is 5.15. The molecule has 0 saturated carbocycles. The molecule has 0 atom stereocenters. The molecule has 4 nitrogen and oxygen atoms in total. The predicted octanol–water partition coefficient (Wildman–Crippen LogP) is 3.76. The standard InChI is InChI=1S/C16H20FN3O/c1-9(2)15-19-14(10(3)16(18-4)20-15)12-7-6-11(21-5)8-13(12)17/h6-9H,1-5H3,(H,18,19,20). The van der Waals surface area contributed by atoms with Gasteiger partial charge in [-0.2, -0.15) is 0 Å². The monoisotopic (exact) mass is 289 g/mol. The van der Waals surface area contributed by atoms with Crippen molar-refractivity contribution in [2.24, 2.45) is 0 Å². The first-order chi connectivity index (χ1) is 9.97. The first-order valence-corrected chi connectivity index (χ1v) is 6.88. The second kappa shape index (κ2) is 6.08. The Bertz CT molecular complexity index is 656. The van der Waals surface area contributed by atoms with Crippen LogP contribution in [0.2, 0.25) is 0 Å². The van der Waals surface area contributed by atoms with Crippen molar-refractivity contribution in [2.75, 3.05) is 19.5 Å². The smallest absolute Gasteiger partial charge is 0.136 e. The number of aromatic nitrogens is 2. The number of anilines is 1. The van der Waals surface area contributed by atoms with Crippen molar-refractivity contribution in [1.82, 2.24) is 9.97 Å². The van der Waals surface area contributed by atoms with Crippen molar-refractivity contribution in [3.63, 3.8) is 0 Å². The van der Waals surface area contributed by atoms with Crippen LogP contribution < -0.4 is 10.1 Å². The van der Waals surface area contributed by atoms with Crippen molar-refractivity contribution in [3.8, 4) is 17.0 Å². The molecule has 1 heterocycles. The summed E-state index contributed by atoms with van der Waals surface area (Å²) >= 11 is 0. The van der Waals surface area contributed by atoms with E-state index in [1.165, 1.54) is 13.2 Å². The van der Waals surface area contributed by atoms with Crippen molar-refractivity contribution in [3.05, 3.63) is 35.4 Å². The van der Waals surface area contributed by atoms with Crippen LogP contribution in [0.25, 0.3) is 11.3 Å². The van der Waals surface area contributed by atoms with Crippen LogP contribution in [0.1, 0.15) is 31.2 Å². The van der Waals surface area contributed by atoms with Crippen LogP contribution >= 0.6 is 0 Å². The van der Waals surface area contributed by atoms with Crippen LogP contribution in [0.5, 0.6) is 5.75 Å². The lowest BCUT2D eigenvalue weighted by molar-refractivity contribution is 0.411. The van der Waals surface area contributed by atoms with Crippen molar-refractivity contribution in [2.45, 2.75) is 26.7 Å². The molecule has 0 aliphatic carbocycles. The van der Waals surface area contributed by atoms with Gasteiger partial charge in [-0.3, -0.25) is 0 Å². The minimum absolute atomic E-state index is 0.165. The lowest BCUT2D eigenvalue weighted by atomic mass is 10.1. The fourth-order valence-corrected chi connectivity index (χ4v) is 2.11. The number of methoxy groups -OCH3 is 1. The largest absolute Gasteiger partial charge is 0.497 e. The van der Waals surface area contributed by atoms with Gasteiger partial charge in [0.05, 0.1) is 12.8 Å². The van der Waals surface area contributed by atoms with Gasteiger partial charge in [-0.25, -0.2) is 14.4 Å². The lowest BCUT2D eigenvalue weighted by Crippen LogP contribution is -2.07. The highest BCUT2D eigenvalue weighted by Crippen LogP contribution is 2.31. The van der Waals surface area contributed by atoms with Crippen molar-refractivity contribution in [1.29, 1.82) is 0 Å². The Kier molecular flexibility index (Phi) is 4.40. The number of nitrogens with zero attached hydrogens (tertiary/aromatic N) is 2. The summed E-state index contributed by atoms with van der Waals surface area (Å²) in [4.78, 5) is 9.01. The van der Waals surface area contributed by atoms with Gasteiger partial charge in [0.1, 0.15) is 23.2 Å². The number of nitrogens with one attached hydrogen (secondary N) is 1. The predicted molar refractivity (Wildman–Crippen MR) is 82.4 cm³/mol. The van der Waals surface area contributed by atoms with Gasteiger partial charge in [0.15, 0.2) is 0 Å². The fourth-order valence-electron chi connectivity index (χ4n) is 2.11. The number of hydrogen-bond donors (Lipinski definition) is 1. The normalized spacial score (nSPS) is 10.8. The Morgan fingerprint density at radius 1 is 1.24 bits per heavy atom. The Morgan fingerprint density at radius 3 is 2.48 bits per heavy atom. The minimum atomic E-state index is -0.354. The van der Waals surface area contributed by atoms with E-state index in [1.807, 2.05) is 20.8 Å². The summed E-state index contributed by atoms with van der Waals surface area (Å²) in [7, 11) is 3.31. The summed E-state index contributed by atoms with van der Waals surface area (Å²) in [6.07, 6.45) is 0. The first kappa shape index (κ1) is 15.2. The van der Waals surface area contributed by atoms with Gasteiger partial charge < -0.3 is 10.1 Å². The zero-order valence-electron chi connectivity index (χ0n) is 13.0. The van der Waals surface area contributed by atoms with Gasteiger partial charge >= 0.3 is 0 Å². The van der Waals surface area contributed by atoms with E-state index in [4.69, 9.17) is 4.74 Å². The number of hydrogen-bond acceptors (Lipinski definition) is 4. The third kappa shape index (κ3) is 2.96. The van der Waals surface area contributed by atoms with Gasteiger partial charge in [-0.15, -0.1) is 0 Å². The van der Waals surface area contributed by atoms with Gasteiger partial charge in [0.25, 0.3) is 0 Å². The van der Waals surface area contributed by atoms with Gasteiger partial charge in [0, 0.05) is 30.2 Å². The highest BCUT2D eigenvalue weighted by atomic mass is 19.1. The highest BCUT2D eigenvalue weighted by molar-refractivity contribution is 5.69. The molecule has 0 saturated heterocycles. The molecule has 1 aromatic carbocycles. The molecule has 0 fully saturated rings. The number of rotatable bonds is 4. The average Bonchev–Trinajstić information content (AvgIpc) is 2.47. The van der Waals surface area contributed by atoms with Crippen LogP contribution in [-0.4, -0.2) is 24.1 Å². The van der Waals surface area contributed by atoms with E-state index < -0.39 is 0 Å². The quantitative estimate of drug-likeness (QED) is 0.931. The summed E-state index contributed by atoms with van der Waals surface area (Å²) in [5.74, 6) is 1.71. The molecule has 2 aromatic rings. The van der Waals surface area contributed by atoms with Crippen LogP contribution in [0.3, 0.4) is 0 Å². The summed E-state index contributed by atoms with van der Waals surface area (Å²) in [6, 6.07) is 4.78. The Morgan fingerprint density at radius 2 is 1.95 bits per heavy atom. The lowest BCUT2D eigenvalue weighted by Gasteiger charge is -2.14. The van der Waals surface area contributed by atoms with Gasteiger partial charge in [0.2, 0.25) is 0 Å². The number of benzene rings is 1.